The fraction of sp³-hybridized carbons (Fsp3) is 0.769. The number of aryl methyl sites for hydroxylation is 1. The van der Waals surface area contributed by atoms with Gasteiger partial charge in [0, 0.05) is 6.04 Å². The summed E-state index contributed by atoms with van der Waals surface area (Å²) in [5, 5.41) is 10.7. The molecule has 0 radical (unpaired) electrons. The van der Waals surface area contributed by atoms with Crippen molar-refractivity contribution in [2.75, 3.05) is 0 Å². The van der Waals surface area contributed by atoms with E-state index in [1.165, 1.54) is 32.1 Å². The van der Waals surface area contributed by atoms with Crippen molar-refractivity contribution in [3.8, 4) is 0 Å². The molecule has 4 aliphatic rings. The summed E-state index contributed by atoms with van der Waals surface area (Å²) in [7, 11) is -3.55. The summed E-state index contributed by atoms with van der Waals surface area (Å²) in [6, 6.07) is 7.17. The zero-order chi connectivity index (χ0) is 22.7. The first-order valence-corrected chi connectivity index (χ1v) is 14.1. The number of sulfonamides is 1. The molecule has 0 amide bonds. The highest BCUT2D eigenvalue weighted by atomic mass is 32.2. The maximum atomic E-state index is 12.7. The average molecular weight is 461 g/mol. The van der Waals surface area contributed by atoms with Crippen LogP contribution in [0, 0.1) is 41.4 Å². The van der Waals surface area contributed by atoms with E-state index in [1.54, 1.807) is 12.1 Å². The van der Waals surface area contributed by atoms with Crippen molar-refractivity contribution in [1.29, 1.82) is 0 Å². The Balaban J connectivity index is 1.24. The number of aliphatic hydroxyl groups excluding tert-OH is 1. The summed E-state index contributed by atoms with van der Waals surface area (Å²) in [4.78, 5) is 2.97. The topological polar surface area (TPSA) is 78.4 Å². The number of hydrogen-bond acceptors (Lipinski definition) is 4. The summed E-state index contributed by atoms with van der Waals surface area (Å²) in [5.74, 6) is 2.85. The molecule has 0 aliphatic heterocycles. The van der Waals surface area contributed by atoms with Crippen LogP contribution >= 0.6 is 0 Å². The molecule has 0 bridgehead atoms. The molecule has 178 valence electrons. The molecular formula is C26H40N2O3S. The minimum Gasteiger partial charge on any atom is -0.393 e. The molecule has 0 spiro atoms. The first-order valence-electron chi connectivity index (χ1n) is 12.7. The van der Waals surface area contributed by atoms with Gasteiger partial charge in [-0.1, -0.05) is 31.5 Å². The smallest absolute Gasteiger partial charge is 0.253 e. The Bertz CT molecular complexity index is 948. The molecule has 0 aromatic heterocycles. The quantitative estimate of drug-likeness (QED) is 0.576. The van der Waals surface area contributed by atoms with Crippen molar-refractivity contribution >= 4 is 10.0 Å². The zero-order valence-electron chi connectivity index (χ0n) is 19.8. The number of nitrogens with one attached hydrogen (secondary N) is 2. The number of hydrogen-bond donors (Lipinski definition) is 3. The van der Waals surface area contributed by atoms with Crippen LogP contribution in [0.2, 0.25) is 0 Å². The van der Waals surface area contributed by atoms with Gasteiger partial charge in [-0.05, 0) is 111 Å². The molecule has 6 heteroatoms. The molecule has 8 atom stereocenters. The first kappa shape index (κ1) is 22.8. The lowest BCUT2D eigenvalue weighted by atomic mass is 9.45. The summed E-state index contributed by atoms with van der Waals surface area (Å²) < 4.78 is 25.4. The molecule has 5 rings (SSSR count). The van der Waals surface area contributed by atoms with Crippen LogP contribution in [0.15, 0.2) is 29.2 Å². The third kappa shape index (κ3) is 3.66. The number of rotatable bonds is 4. The van der Waals surface area contributed by atoms with Crippen LogP contribution in [0.1, 0.15) is 77.2 Å². The second kappa shape index (κ2) is 8.07. The van der Waals surface area contributed by atoms with E-state index in [1.807, 2.05) is 19.1 Å². The third-order valence-electron chi connectivity index (χ3n) is 10.3. The Morgan fingerprint density at radius 3 is 2.34 bits per heavy atom. The molecule has 32 heavy (non-hydrogen) atoms. The molecule has 1 unspecified atom stereocenters. The standard InChI is InChI=1S/C26H40N2O3S/c1-17-4-7-20(8-5-17)32(30,31)28-27-19-12-14-25(2)18(16-19)6-9-21-22-10-11-24(29)26(22,3)15-13-23(21)25/h4-5,7-8,18-19,21-24,27-29H,6,9-16H2,1-3H3/t18-,19?,21+,22+,23+,24+,25+,26+/m1/s1. The predicted molar refractivity (Wildman–Crippen MR) is 126 cm³/mol. The van der Waals surface area contributed by atoms with E-state index in [-0.39, 0.29) is 17.6 Å². The lowest BCUT2D eigenvalue weighted by Gasteiger charge is -2.61. The van der Waals surface area contributed by atoms with E-state index in [4.69, 9.17) is 0 Å². The minimum atomic E-state index is -3.55. The molecule has 3 N–H and O–H groups in total. The summed E-state index contributed by atoms with van der Waals surface area (Å²) >= 11 is 0. The highest BCUT2D eigenvalue weighted by Gasteiger charge is 2.60. The van der Waals surface area contributed by atoms with Gasteiger partial charge < -0.3 is 5.11 Å². The van der Waals surface area contributed by atoms with Gasteiger partial charge in [0.05, 0.1) is 11.0 Å². The summed E-state index contributed by atoms with van der Waals surface area (Å²) in [6.07, 6.45) is 10.2. The van der Waals surface area contributed by atoms with Gasteiger partial charge in [0.25, 0.3) is 10.0 Å². The van der Waals surface area contributed by atoms with E-state index in [2.05, 4.69) is 24.1 Å². The van der Waals surface area contributed by atoms with Crippen LogP contribution in [-0.4, -0.2) is 25.7 Å². The lowest BCUT2D eigenvalue weighted by Crippen LogP contribution is -2.56. The lowest BCUT2D eigenvalue weighted by molar-refractivity contribution is -0.123. The Morgan fingerprint density at radius 1 is 0.906 bits per heavy atom. The second-order valence-corrected chi connectivity index (χ2v) is 13.5. The van der Waals surface area contributed by atoms with Crippen LogP contribution < -0.4 is 10.3 Å². The molecule has 1 aromatic carbocycles. The van der Waals surface area contributed by atoms with Crippen molar-refractivity contribution in [1.82, 2.24) is 10.3 Å². The van der Waals surface area contributed by atoms with Crippen LogP contribution in [0.4, 0.5) is 0 Å². The highest BCUT2D eigenvalue weighted by molar-refractivity contribution is 7.89. The number of benzene rings is 1. The molecule has 4 fully saturated rings. The van der Waals surface area contributed by atoms with Gasteiger partial charge >= 0.3 is 0 Å². The van der Waals surface area contributed by atoms with Crippen molar-refractivity contribution in [2.24, 2.45) is 34.5 Å². The monoisotopic (exact) mass is 460 g/mol. The fourth-order valence-corrected chi connectivity index (χ4v) is 9.23. The van der Waals surface area contributed by atoms with Crippen molar-refractivity contribution in [3.63, 3.8) is 0 Å². The second-order valence-electron chi connectivity index (χ2n) is 11.8. The van der Waals surface area contributed by atoms with Gasteiger partial charge in [-0.3, -0.25) is 0 Å². The molecule has 5 nitrogen and oxygen atoms in total. The Labute approximate surface area is 193 Å². The molecular weight excluding hydrogens is 420 g/mol. The maximum absolute atomic E-state index is 12.7. The normalized spacial score (nSPS) is 43.9. The SMILES string of the molecule is Cc1ccc(S(=O)(=O)NNC2CC[C@@]3(C)[C@H](CC[C@@H]4[C@@H]3CC[C@]3(C)[C@@H](O)CC[C@@H]43)C2)cc1. The Hall–Kier alpha value is -0.950. The largest absolute Gasteiger partial charge is 0.393 e. The molecule has 0 heterocycles. The van der Waals surface area contributed by atoms with Gasteiger partial charge in [0.15, 0.2) is 0 Å². The van der Waals surface area contributed by atoms with Crippen molar-refractivity contribution in [3.05, 3.63) is 29.8 Å². The van der Waals surface area contributed by atoms with Crippen LogP contribution in [0.3, 0.4) is 0 Å². The minimum absolute atomic E-state index is 0.111. The van der Waals surface area contributed by atoms with Crippen molar-refractivity contribution in [2.45, 2.75) is 95.6 Å². The van der Waals surface area contributed by atoms with Gasteiger partial charge in [-0.2, -0.15) is 0 Å². The van der Waals surface area contributed by atoms with E-state index < -0.39 is 10.0 Å². The first-order chi connectivity index (χ1) is 15.1. The van der Waals surface area contributed by atoms with Crippen LogP contribution in [0.25, 0.3) is 0 Å². The Kier molecular flexibility index (Phi) is 5.76. The number of hydrazine groups is 1. The van der Waals surface area contributed by atoms with E-state index in [9.17, 15) is 13.5 Å². The summed E-state index contributed by atoms with van der Waals surface area (Å²) in [5.41, 5.74) is 4.71. The van der Waals surface area contributed by atoms with E-state index >= 15 is 0 Å². The molecule has 4 aliphatic carbocycles. The van der Waals surface area contributed by atoms with Gasteiger partial charge in [0.2, 0.25) is 0 Å². The Morgan fingerprint density at radius 2 is 1.59 bits per heavy atom. The zero-order valence-corrected chi connectivity index (χ0v) is 20.6. The average Bonchev–Trinajstić information content (AvgIpc) is 3.07. The maximum Gasteiger partial charge on any atom is 0.253 e. The van der Waals surface area contributed by atoms with E-state index in [0.29, 0.717) is 22.1 Å². The van der Waals surface area contributed by atoms with Gasteiger partial charge in [-0.25, -0.2) is 13.8 Å². The number of fused-ring (bicyclic) bond motifs is 5. The highest BCUT2D eigenvalue weighted by Crippen LogP contribution is 2.66. The fourth-order valence-electron chi connectivity index (χ4n) is 8.30. The predicted octanol–water partition coefficient (Wildman–Crippen LogP) is 4.55. The molecule has 1 aromatic rings. The van der Waals surface area contributed by atoms with Crippen LogP contribution in [0.5, 0.6) is 0 Å². The van der Waals surface area contributed by atoms with Gasteiger partial charge in [-0.15, -0.1) is 4.83 Å². The third-order valence-corrected chi connectivity index (χ3v) is 11.6. The summed E-state index contributed by atoms with van der Waals surface area (Å²) in [6.45, 7) is 6.83. The van der Waals surface area contributed by atoms with Crippen LogP contribution in [-0.2, 0) is 10.0 Å². The number of aliphatic hydroxyl groups is 1. The van der Waals surface area contributed by atoms with Crippen molar-refractivity contribution < 1.29 is 13.5 Å². The molecule has 0 saturated heterocycles. The van der Waals surface area contributed by atoms with Gasteiger partial charge in [0.1, 0.15) is 0 Å². The molecule has 4 saturated carbocycles. The van der Waals surface area contributed by atoms with E-state index in [0.717, 1.165) is 43.1 Å².